The van der Waals surface area contributed by atoms with Crippen LogP contribution in [0.5, 0.6) is 0 Å². The fourth-order valence-electron chi connectivity index (χ4n) is 2.37. The number of hydrogen-bond donors (Lipinski definition) is 3. The molecule has 1 saturated heterocycles. The number of rotatable bonds is 6. The molecule has 0 aliphatic carbocycles. The predicted molar refractivity (Wildman–Crippen MR) is 77.6 cm³/mol. The second-order valence-corrected chi connectivity index (χ2v) is 6.19. The first-order valence-corrected chi connectivity index (χ1v) is 7.26. The number of carbonyl (C=O) groups excluding carboxylic acids is 1. The van der Waals surface area contributed by atoms with E-state index in [1.165, 1.54) is 0 Å². The van der Waals surface area contributed by atoms with Gasteiger partial charge < -0.3 is 15.7 Å². The van der Waals surface area contributed by atoms with Crippen LogP contribution < -0.4 is 10.6 Å². The highest BCUT2D eigenvalue weighted by molar-refractivity contribution is 5.83. The Morgan fingerprint density at radius 2 is 2.21 bits per heavy atom. The van der Waals surface area contributed by atoms with E-state index in [4.69, 9.17) is 0 Å². The minimum atomic E-state index is -0.612. The number of hydrogen-bond acceptors (Lipinski definition) is 3. The van der Waals surface area contributed by atoms with Crippen molar-refractivity contribution in [2.24, 2.45) is 5.92 Å². The van der Waals surface area contributed by atoms with Crippen LogP contribution in [0.4, 0.5) is 0 Å². The quantitative estimate of drug-likeness (QED) is 0.690. The molecule has 0 bridgehead atoms. The fraction of sp³-hybridized carbons (Fsp3) is 0.800. The smallest absolute Gasteiger partial charge is 0.241 e. The predicted octanol–water partition coefficient (Wildman–Crippen LogP) is 1.95. The van der Waals surface area contributed by atoms with E-state index >= 15 is 0 Å². The molecule has 0 saturated carbocycles. The van der Waals surface area contributed by atoms with E-state index in [0.717, 1.165) is 44.3 Å². The van der Waals surface area contributed by atoms with Crippen LogP contribution in [-0.2, 0) is 4.79 Å². The van der Waals surface area contributed by atoms with Gasteiger partial charge in [-0.25, -0.2) is 0 Å². The maximum Gasteiger partial charge on any atom is 0.241 e. The molecule has 3 N–H and O–H groups in total. The summed E-state index contributed by atoms with van der Waals surface area (Å²) >= 11 is 0. The molecule has 110 valence electrons. The Kier molecular flexibility index (Phi) is 6.01. The summed E-state index contributed by atoms with van der Waals surface area (Å²) in [4.78, 5) is 12.0. The summed E-state index contributed by atoms with van der Waals surface area (Å²) in [5.74, 6) is 0.540. The topological polar surface area (TPSA) is 61.4 Å². The van der Waals surface area contributed by atoms with Gasteiger partial charge in [0.1, 0.15) is 0 Å². The van der Waals surface area contributed by atoms with Crippen molar-refractivity contribution in [3.63, 3.8) is 0 Å². The summed E-state index contributed by atoms with van der Waals surface area (Å²) in [5.41, 5.74) is 0.157. The number of nitrogens with one attached hydrogen (secondary N) is 2. The van der Waals surface area contributed by atoms with E-state index < -0.39 is 5.60 Å². The standard InChI is InChI=1S/C15H28N2O2/c1-5-11(2)17-14(18)13-10-12(7-9-16-13)6-8-15(3,4)19/h12-13,16,19H,2,5-10H2,1,3-4H3,(H,17,18). The van der Waals surface area contributed by atoms with Gasteiger partial charge in [0.2, 0.25) is 5.91 Å². The maximum absolute atomic E-state index is 12.0. The van der Waals surface area contributed by atoms with Gasteiger partial charge in [-0.2, -0.15) is 0 Å². The van der Waals surface area contributed by atoms with Crippen molar-refractivity contribution in [2.75, 3.05) is 6.54 Å². The van der Waals surface area contributed by atoms with E-state index in [9.17, 15) is 9.90 Å². The molecule has 1 aliphatic rings. The van der Waals surface area contributed by atoms with Crippen molar-refractivity contribution in [3.05, 3.63) is 12.3 Å². The van der Waals surface area contributed by atoms with Crippen molar-refractivity contribution in [2.45, 2.75) is 64.5 Å². The van der Waals surface area contributed by atoms with Crippen molar-refractivity contribution in [3.8, 4) is 0 Å². The molecule has 4 heteroatoms. The monoisotopic (exact) mass is 268 g/mol. The molecule has 0 aromatic heterocycles. The average molecular weight is 268 g/mol. The molecule has 0 aromatic rings. The molecule has 0 spiro atoms. The Hall–Kier alpha value is -0.870. The van der Waals surface area contributed by atoms with Crippen molar-refractivity contribution in [1.82, 2.24) is 10.6 Å². The SMILES string of the molecule is C=C(CC)NC(=O)C1CC(CCC(C)(C)O)CCN1. The summed E-state index contributed by atoms with van der Waals surface area (Å²) in [6.45, 7) is 10.3. The molecule has 19 heavy (non-hydrogen) atoms. The molecular formula is C15H28N2O2. The Morgan fingerprint density at radius 3 is 2.79 bits per heavy atom. The number of allylic oxidation sites excluding steroid dienone is 1. The van der Waals surface area contributed by atoms with Crippen LogP contribution in [-0.4, -0.2) is 29.2 Å². The molecule has 0 radical (unpaired) electrons. The van der Waals surface area contributed by atoms with Crippen LogP contribution in [0.15, 0.2) is 12.3 Å². The number of piperidine rings is 1. The summed E-state index contributed by atoms with van der Waals surface area (Å²) in [6.07, 6.45) is 4.45. The summed E-state index contributed by atoms with van der Waals surface area (Å²) in [5, 5.41) is 15.9. The van der Waals surface area contributed by atoms with Gasteiger partial charge in [-0.05, 0) is 58.4 Å². The molecular weight excluding hydrogens is 240 g/mol. The maximum atomic E-state index is 12.0. The third-order valence-corrected chi connectivity index (χ3v) is 3.72. The highest BCUT2D eigenvalue weighted by Crippen LogP contribution is 2.25. The van der Waals surface area contributed by atoms with Gasteiger partial charge >= 0.3 is 0 Å². The first-order valence-electron chi connectivity index (χ1n) is 7.26. The fourth-order valence-corrected chi connectivity index (χ4v) is 2.37. The van der Waals surface area contributed by atoms with Crippen LogP contribution >= 0.6 is 0 Å². The molecule has 1 heterocycles. The summed E-state index contributed by atoms with van der Waals surface area (Å²) in [6, 6.07) is -0.121. The van der Waals surface area contributed by atoms with Crippen LogP contribution in [0, 0.1) is 5.92 Å². The minimum Gasteiger partial charge on any atom is -0.390 e. The zero-order chi connectivity index (χ0) is 14.5. The van der Waals surface area contributed by atoms with E-state index in [1.807, 2.05) is 20.8 Å². The van der Waals surface area contributed by atoms with E-state index in [0.29, 0.717) is 5.92 Å². The Balaban J connectivity index is 2.41. The first kappa shape index (κ1) is 16.2. The third-order valence-electron chi connectivity index (χ3n) is 3.72. The number of aliphatic hydroxyl groups is 1. The molecule has 2 unspecified atom stereocenters. The van der Waals surface area contributed by atoms with Gasteiger partial charge in [0.25, 0.3) is 0 Å². The molecule has 1 amide bonds. The molecule has 0 aromatic carbocycles. The van der Waals surface area contributed by atoms with Gasteiger partial charge in [0.05, 0.1) is 11.6 Å². The summed E-state index contributed by atoms with van der Waals surface area (Å²) in [7, 11) is 0. The number of carbonyl (C=O) groups is 1. The largest absolute Gasteiger partial charge is 0.390 e. The van der Waals surface area contributed by atoms with Crippen LogP contribution in [0.25, 0.3) is 0 Å². The molecule has 1 aliphatic heterocycles. The Bertz CT molecular complexity index is 321. The first-order chi connectivity index (χ1) is 8.81. The van der Waals surface area contributed by atoms with E-state index in [1.54, 1.807) is 0 Å². The lowest BCUT2D eigenvalue weighted by molar-refractivity contribution is -0.123. The second kappa shape index (κ2) is 7.06. The zero-order valence-electron chi connectivity index (χ0n) is 12.5. The van der Waals surface area contributed by atoms with Crippen molar-refractivity contribution in [1.29, 1.82) is 0 Å². The van der Waals surface area contributed by atoms with Gasteiger partial charge in [0.15, 0.2) is 0 Å². The van der Waals surface area contributed by atoms with Gasteiger partial charge in [-0.15, -0.1) is 0 Å². The van der Waals surface area contributed by atoms with Gasteiger partial charge in [-0.3, -0.25) is 4.79 Å². The zero-order valence-corrected chi connectivity index (χ0v) is 12.5. The van der Waals surface area contributed by atoms with Crippen molar-refractivity contribution < 1.29 is 9.90 Å². The lowest BCUT2D eigenvalue weighted by Gasteiger charge is -2.31. The number of amides is 1. The molecule has 1 fully saturated rings. The summed E-state index contributed by atoms with van der Waals surface area (Å²) < 4.78 is 0. The lowest BCUT2D eigenvalue weighted by atomic mass is 9.85. The van der Waals surface area contributed by atoms with E-state index in [2.05, 4.69) is 17.2 Å². The van der Waals surface area contributed by atoms with E-state index in [-0.39, 0.29) is 11.9 Å². The average Bonchev–Trinajstić information content (AvgIpc) is 2.35. The van der Waals surface area contributed by atoms with Crippen LogP contribution in [0.1, 0.15) is 52.9 Å². The minimum absolute atomic E-state index is 0.0276. The highest BCUT2D eigenvalue weighted by Gasteiger charge is 2.27. The lowest BCUT2D eigenvalue weighted by Crippen LogP contribution is -2.48. The molecule has 4 nitrogen and oxygen atoms in total. The second-order valence-electron chi connectivity index (χ2n) is 6.19. The van der Waals surface area contributed by atoms with Crippen LogP contribution in [0.3, 0.4) is 0 Å². The third kappa shape index (κ3) is 6.21. The highest BCUT2D eigenvalue weighted by atomic mass is 16.3. The molecule has 2 atom stereocenters. The van der Waals surface area contributed by atoms with Gasteiger partial charge in [0, 0.05) is 5.70 Å². The van der Waals surface area contributed by atoms with Crippen LogP contribution in [0.2, 0.25) is 0 Å². The Labute approximate surface area is 116 Å². The van der Waals surface area contributed by atoms with Crippen molar-refractivity contribution >= 4 is 5.91 Å². The van der Waals surface area contributed by atoms with Gasteiger partial charge in [-0.1, -0.05) is 13.5 Å². The Morgan fingerprint density at radius 1 is 1.53 bits per heavy atom. The molecule has 1 rings (SSSR count). The normalized spacial score (nSPS) is 24.0.